The van der Waals surface area contributed by atoms with Crippen LogP contribution < -0.4 is 15.4 Å². The molecule has 0 saturated carbocycles. The van der Waals surface area contributed by atoms with E-state index in [1.165, 1.54) is 35.1 Å². The van der Waals surface area contributed by atoms with Crippen molar-refractivity contribution in [2.24, 2.45) is 5.16 Å². The average molecular weight is 912 g/mol. The molecule has 1 aromatic heterocycles. The minimum atomic E-state index is -0.929. The zero-order valence-electron chi connectivity index (χ0n) is 31.0. The number of nitrogens with zero attached hydrogens (tertiary/aromatic N) is 3. The average Bonchev–Trinajstić information content (AvgIpc) is 3.73. The first-order valence-electron chi connectivity index (χ1n) is 17.9. The Morgan fingerprint density at radius 3 is 2.11 bits per heavy atom. The number of thiazole rings is 1. The minimum Gasteiger partial charge on any atom is -0.497 e. The summed E-state index contributed by atoms with van der Waals surface area (Å²) in [7, 11) is 2.92. The predicted octanol–water partition coefficient (Wildman–Crippen LogP) is 7.29. The molecule has 2 aliphatic heterocycles. The van der Waals surface area contributed by atoms with Crippen LogP contribution in [0, 0.1) is 0 Å². The van der Waals surface area contributed by atoms with Gasteiger partial charge in [0.05, 0.1) is 7.11 Å². The van der Waals surface area contributed by atoms with Gasteiger partial charge in [-0.2, -0.15) is 0 Å². The van der Waals surface area contributed by atoms with Gasteiger partial charge in [-0.25, -0.2) is 9.78 Å². The molecular formula is C43H38IN5O6S2. The van der Waals surface area contributed by atoms with E-state index in [2.05, 4.69) is 74.8 Å². The zero-order valence-corrected chi connectivity index (χ0v) is 34.8. The van der Waals surface area contributed by atoms with Gasteiger partial charge in [-0.15, -0.1) is 23.1 Å². The highest BCUT2D eigenvalue weighted by molar-refractivity contribution is 14.1. The molecule has 0 unspecified atom stereocenters. The minimum absolute atomic E-state index is 0.0140. The molecule has 5 aromatic rings. The number of oxime groups is 1. The van der Waals surface area contributed by atoms with Crippen molar-refractivity contribution in [2.75, 3.05) is 29.7 Å². The number of thioether (sulfide) groups is 1. The van der Waals surface area contributed by atoms with Gasteiger partial charge in [-0.1, -0.05) is 143 Å². The summed E-state index contributed by atoms with van der Waals surface area (Å²) in [5.41, 5.74) is 3.91. The number of halogens is 1. The van der Waals surface area contributed by atoms with Crippen molar-refractivity contribution >= 4 is 74.3 Å². The normalized spacial score (nSPS) is 16.8. The Morgan fingerprint density at radius 2 is 1.54 bits per heavy atom. The number of alkyl halides is 1. The van der Waals surface area contributed by atoms with Crippen LogP contribution in [0.25, 0.3) is 0 Å². The molecule has 57 heavy (non-hydrogen) atoms. The lowest BCUT2D eigenvalue weighted by molar-refractivity contribution is -0.153. The maximum Gasteiger partial charge on any atom is 0.355 e. The van der Waals surface area contributed by atoms with Gasteiger partial charge in [0.2, 0.25) is 0 Å². The molecule has 0 aliphatic carbocycles. The quantitative estimate of drug-likeness (QED) is 0.0212. The molecule has 0 radical (unpaired) electrons. The summed E-state index contributed by atoms with van der Waals surface area (Å²) in [4.78, 5) is 52.8. The van der Waals surface area contributed by atoms with Crippen molar-refractivity contribution in [1.29, 1.82) is 0 Å². The maximum absolute atomic E-state index is 14.0. The van der Waals surface area contributed by atoms with Crippen LogP contribution in [0.15, 0.2) is 149 Å². The van der Waals surface area contributed by atoms with E-state index in [9.17, 15) is 14.4 Å². The van der Waals surface area contributed by atoms with Crippen LogP contribution >= 0.6 is 45.7 Å². The standard InChI is InChI=1S/C43H38IN5O6S2/c1-53-33-22-20-28(21-23-33)25-55-41(52)37-29(13-12-24-44)26-56-40-36(39(51)49(37)40)46-38(50)35(48-54-2)34-27-57-42(45-34)47-43(30-14-6-3-7-15-30,31-16-8-4-9-17-31)32-18-10-5-11-19-32/h3-23,27,36,40H,24-26H2,1-2H3,(H,45,47)(H,46,50)/b13-12+,48-35-/t36-,40-/m1/s1. The number of methoxy groups -OCH3 is 1. The van der Waals surface area contributed by atoms with Gasteiger partial charge in [-0.3, -0.25) is 14.5 Å². The zero-order chi connectivity index (χ0) is 39.8. The number of amides is 2. The number of benzene rings is 4. The number of hydrogen-bond acceptors (Lipinski definition) is 11. The Labute approximate surface area is 352 Å². The number of β-lactam (4-membered cyclic amide) rings is 1. The molecular weight excluding hydrogens is 874 g/mol. The maximum atomic E-state index is 14.0. The lowest BCUT2D eigenvalue weighted by Crippen LogP contribution is -2.71. The van der Waals surface area contributed by atoms with Crippen molar-refractivity contribution in [3.8, 4) is 5.75 Å². The van der Waals surface area contributed by atoms with Gasteiger partial charge in [0.15, 0.2) is 10.8 Å². The molecule has 1 saturated heterocycles. The second-order valence-electron chi connectivity index (χ2n) is 12.8. The first-order valence-corrected chi connectivity index (χ1v) is 21.4. The Balaban J connectivity index is 1.12. The number of esters is 1. The highest BCUT2D eigenvalue weighted by Gasteiger charge is 2.54. The van der Waals surface area contributed by atoms with Gasteiger partial charge >= 0.3 is 5.97 Å². The Kier molecular flexibility index (Phi) is 12.7. The Bertz CT molecular complexity index is 2210. The molecule has 14 heteroatoms. The van der Waals surface area contributed by atoms with Crippen LogP contribution in [0.2, 0.25) is 0 Å². The highest BCUT2D eigenvalue weighted by atomic mass is 127. The molecule has 1 fully saturated rings. The molecule has 3 heterocycles. The van der Waals surface area contributed by atoms with Gasteiger partial charge in [0, 0.05) is 15.6 Å². The summed E-state index contributed by atoms with van der Waals surface area (Å²) in [6.45, 7) is 0.0140. The SMILES string of the molecule is CO/N=C(\C(=O)N[C@@H]1C(=O)N2C(C(=O)OCc3ccc(OC)cc3)=C(/C=C/CI)CS[C@H]12)c1csc(NC(c2ccccc2)(c2ccccc2)c2ccccc2)n1. The number of rotatable bonds is 15. The van der Waals surface area contributed by atoms with Gasteiger partial charge in [-0.05, 0) is 40.0 Å². The van der Waals surface area contributed by atoms with E-state index in [-0.39, 0.29) is 23.7 Å². The lowest BCUT2D eigenvalue weighted by atomic mass is 9.77. The number of hydrogen-bond donors (Lipinski definition) is 2. The van der Waals surface area contributed by atoms with E-state index in [1.807, 2.05) is 78.9 Å². The Hall–Kier alpha value is -5.45. The van der Waals surface area contributed by atoms with Crippen LogP contribution in [0.5, 0.6) is 5.75 Å². The summed E-state index contributed by atoms with van der Waals surface area (Å²) in [5.74, 6) is -0.576. The molecule has 4 aromatic carbocycles. The lowest BCUT2D eigenvalue weighted by Gasteiger charge is -2.49. The van der Waals surface area contributed by atoms with Crippen molar-refractivity contribution in [3.05, 3.63) is 172 Å². The van der Waals surface area contributed by atoms with E-state index in [0.29, 0.717) is 22.2 Å². The number of carbonyl (C=O) groups is 3. The number of nitrogens with one attached hydrogen (secondary N) is 2. The van der Waals surface area contributed by atoms with E-state index >= 15 is 0 Å². The molecule has 11 nitrogen and oxygen atoms in total. The van der Waals surface area contributed by atoms with Gasteiger partial charge in [0.1, 0.15) is 47.8 Å². The van der Waals surface area contributed by atoms with E-state index in [0.717, 1.165) is 26.7 Å². The van der Waals surface area contributed by atoms with E-state index in [1.54, 1.807) is 24.6 Å². The van der Waals surface area contributed by atoms with Crippen LogP contribution in [0.4, 0.5) is 5.13 Å². The number of allylic oxidation sites excluding steroid dienone is 2. The van der Waals surface area contributed by atoms with Crippen molar-refractivity contribution in [1.82, 2.24) is 15.2 Å². The van der Waals surface area contributed by atoms with Crippen LogP contribution in [0.1, 0.15) is 27.9 Å². The predicted molar refractivity (Wildman–Crippen MR) is 231 cm³/mol. The number of aromatic nitrogens is 1. The van der Waals surface area contributed by atoms with Crippen molar-refractivity contribution in [3.63, 3.8) is 0 Å². The topological polar surface area (TPSA) is 131 Å². The summed E-state index contributed by atoms with van der Waals surface area (Å²) >= 11 is 4.98. The number of anilines is 1. The highest BCUT2D eigenvalue weighted by Crippen LogP contribution is 2.42. The van der Waals surface area contributed by atoms with Crippen molar-refractivity contribution in [2.45, 2.75) is 23.6 Å². The molecule has 2 N–H and O–H groups in total. The third kappa shape index (κ3) is 8.34. The summed E-state index contributed by atoms with van der Waals surface area (Å²) in [6, 6.07) is 36.6. The second kappa shape index (κ2) is 18.2. The van der Waals surface area contributed by atoms with Crippen LogP contribution in [-0.2, 0) is 36.1 Å². The molecule has 0 bridgehead atoms. The fraction of sp³-hybridized carbons (Fsp3) is 0.186. The smallest absolute Gasteiger partial charge is 0.355 e. The summed E-state index contributed by atoms with van der Waals surface area (Å²) in [6.07, 6.45) is 3.77. The van der Waals surface area contributed by atoms with Crippen LogP contribution in [0.3, 0.4) is 0 Å². The fourth-order valence-corrected chi connectivity index (χ4v) is 9.10. The van der Waals surface area contributed by atoms with Gasteiger partial charge < -0.3 is 24.9 Å². The first-order chi connectivity index (χ1) is 27.9. The summed E-state index contributed by atoms with van der Waals surface area (Å²) < 4.78 is 11.6. The monoisotopic (exact) mass is 911 g/mol. The van der Waals surface area contributed by atoms with E-state index in [4.69, 9.17) is 19.3 Å². The number of ether oxygens (including phenoxy) is 2. The largest absolute Gasteiger partial charge is 0.497 e. The second-order valence-corrected chi connectivity index (χ2v) is 15.7. The Morgan fingerprint density at radius 1 is 0.930 bits per heavy atom. The number of fused-ring (bicyclic) bond motifs is 1. The molecule has 7 rings (SSSR count). The van der Waals surface area contributed by atoms with Crippen molar-refractivity contribution < 1.29 is 28.7 Å². The molecule has 2 atom stereocenters. The molecule has 2 amide bonds. The van der Waals surface area contributed by atoms with E-state index < -0.39 is 34.7 Å². The molecule has 290 valence electrons. The van der Waals surface area contributed by atoms with Crippen LogP contribution in [-0.4, -0.2) is 69.2 Å². The third-order valence-electron chi connectivity index (χ3n) is 9.47. The molecule has 0 spiro atoms. The van der Waals surface area contributed by atoms with Gasteiger partial charge in [0.25, 0.3) is 11.8 Å². The summed E-state index contributed by atoms with van der Waals surface area (Å²) in [5, 5.41) is 12.3. The molecule has 2 aliphatic rings. The third-order valence-corrected chi connectivity index (χ3v) is 12.0. The first kappa shape index (κ1) is 39.8. The fourth-order valence-electron chi connectivity index (χ4n) is 6.77. The number of carbonyl (C=O) groups excluding carboxylic acids is 3.